The molecule has 18 heavy (non-hydrogen) atoms. The highest BCUT2D eigenvalue weighted by atomic mass is 16.1. The van der Waals surface area contributed by atoms with Crippen molar-refractivity contribution in [2.24, 2.45) is 12.8 Å². The van der Waals surface area contributed by atoms with Crippen molar-refractivity contribution < 1.29 is 4.79 Å². The zero-order valence-corrected chi connectivity index (χ0v) is 11.0. The van der Waals surface area contributed by atoms with E-state index < -0.39 is 5.54 Å². The number of aryl methyl sites for hydroxylation is 1. The minimum Gasteiger partial charge on any atom is -0.348 e. The van der Waals surface area contributed by atoms with Crippen LogP contribution < -0.4 is 11.1 Å². The van der Waals surface area contributed by atoms with Gasteiger partial charge in [-0.1, -0.05) is 18.2 Å². The fourth-order valence-electron chi connectivity index (χ4n) is 2.05. The molecular formula is C14H19N3O. The Hall–Kier alpha value is -1.81. The molecule has 2 aromatic rings. The number of anilines is 1. The first-order valence-corrected chi connectivity index (χ1v) is 5.99. The number of fused-ring (bicyclic) bond motifs is 1. The molecule has 4 nitrogen and oxygen atoms in total. The van der Waals surface area contributed by atoms with Crippen molar-refractivity contribution in [2.45, 2.75) is 25.8 Å². The molecule has 96 valence electrons. The summed E-state index contributed by atoms with van der Waals surface area (Å²) in [6.45, 7) is 3.69. The number of carbonyl (C=O) groups is 1. The Balaban J connectivity index is 2.25. The van der Waals surface area contributed by atoms with Gasteiger partial charge in [0.2, 0.25) is 5.91 Å². The molecule has 4 heteroatoms. The van der Waals surface area contributed by atoms with Crippen LogP contribution in [0.1, 0.15) is 20.3 Å². The van der Waals surface area contributed by atoms with Gasteiger partial charge in [-0.3, -0.25) is 4.79 Å². The Morgan fingerprint density at radius 3 is 2.72 bits per heavy atom. The van der Waals surface area contributed by atoms with Crippen molar-refractivity contribution >= 4 is 22.5 Å². The van der Waals surface area contributed by atoms with E-state index in [1.54, 1.807) is 0 Å². The lowest BCUT2D eigenvalue weighted by atomic mass is 10.0. The van der Waals surface area contributed by atoms with Crippen LogP contribution in [0.5, 0.6) is 0 Å². The molecule has 1 amide bonds. The summed E-state index contributed by atoms with van der Waals surface area (Å²) in [6, 6.07) is 7.97. The fourth-order valence-corrected chi connectivity index (χ4v) is 2.05. The van der Waals surface area contributed by atoms with Crippen LogP contribution in [-0.2, 0) is 11.8 Å². The Kier molecular flexibility index (Phi) is 3.13. The third-order valence-corrected chi connectivity index (χ3v) is 2.79. The molecule has 0 aliphatic heterocycles. The van der Waals surface area contributed by atoms with Crippen molar-refractivity contribution in [2.75, 3.05) is 5.32 Å². The molecule has 0 aliphatic rings. The first kappa shape index (κ1) is 12.6. The van der Waals surface area contributed by atoms with Crippen molar-refractivity contribution in [3.8, 4) is 0 Å². The molecule has 0 atom stereocenters. The van der Waals surface area contributed by atoms with Crippen molar-refractivity contribution in [3.63, 3.8) is 0 Å². The van der Waals surface area contributed by atoms with Crippen LogP contribution in [0.4, 0.5) is 5.69 Å². The molecule has 0 radical (unpaired) electrons. The monoisotopic (exact) mass is 245 g/mol. The minimum absolute atomic E-state index is 0.0566. The van der Waals surface area contributed by atoms with Crippen molar-refractivity contribution in [3.05, 3.63) is 30.5 Å². The lowest BCUT2D eigenvalue weighted by Gasteiger charge is -2.17. The Morgan fingerprint density at radius 2 is 2.06 bits per heavy atom. The molecule has 2 rings (SSSR count). The molecule has 1 heterocycles. The summed E-state index contributed by atoms with van der Waals surface area (Å²) in [5.41, 5.74) is 7.28. The smallest absolute Gasteiger partial charge is 0.226 e. The minimum atomic E-state index is -0.491. The Morgan fingerprint density at radius 1 is 1.39 bits per heavy atom. The predicted molar refractivity (Wildman–Crippen MR) is 74.4 cm³/mol. The molecule has 0 bridgehead atoms. The third-order valence-electron chi connectivity index (χ3n) is 2.79. The largest absolute Gasteiger partial charge is 0.348 e. The van der Waals surface area contributed by atoms with Crippen molar-refractivity contribution in [1.82, 2.24) is 4.57 Å². The van der Waals surface area contributed by atoms with E-state index in [1.807, 2.05) is 55.9 Å². The maximum absolute atomic E-state index is 11.9. The second-order valence-electron chi connectivity index (χ2n) is 5.38. The average Bonchev–Trinajstić information content (AvgIpc) is 2.54. The van der Waals surface area contributed by atoms with Gasteiger partial charge in [0.15, 0.2) is 0 Å². The van der Waals surface area contributed by atoms with E-state index >= 15 is 0 Å². The van der Waals surface area contributed by atoms with Gasteiger partial charge in [0.05, 0.1) is 5.69 Å². The van der Waals surface area contributed by atoms with Gasteiger partial charge in [-0.05, 0) is 19.9 Å². The van der Waals surface area contributed by atoms with Gasteiger partial charge in [-0.2, -0.15) is 0 Å². The van der Waals surface area contributed by atoms with Gasteiger partial charge in [0, 0.05) is 36.1 Å². The lowest BCUT2D eigenvalue weighted by molar-refractivity contribution is -0.117. The normalized spacial score (nSPS) is 11.8. The number of benzene rings is 1. The van der Waals surface area contributed by atoms with Crippen LogP contribution in [0.15, 0.2) is 30.5 Å². The molecule has 3 N–H and O–H groups in total. The Bertz CT molecular complexity index is 578. The summed E-state index contributed by atoms with van der Waals surface area (Å²) in [7, 11) is 1.96. The highest BCUT2D eigenvalue weighted by Gasteiger charge is 2.17. The highest BCUT2D eigenvalue weighted by molar-refractivity contribution is 6.02. The van der Waals surface area contributed by atoms with E-state index in [4.69, 9.17) is 5.73 Å². The molecular weight excluding hydrogens is 226 g/mol. The number of hydrogen-bond acceptors (Lipinski definition) is 2. The number of hydrogen-bond donors (Lipinski definition) is 2. The van der Waals surface area contributed by atoms with Crippen LogP contribution >= 0.6 is 0 Å². The van der Waals surface area contributed by atoms with Crippen LogP contribution in [-0.4, -0.2) is 16.0 Å². The van der Waals surface area contributed by atoms with E-state index in [1.165, 1.54) is 0 Å². The second-order valence-corrected chi connectivity index (χ2v) is 5.38. The number of amides is 1. The highest BCUT2D eigenvalue weighted by Crippen LogP contribution is 2.25. The average molecular weight is 245 g/mol. The number of nitrogens with two attached hydrogens (primary N) is 1. The quantitative estimate of drug-likeness (QED) is 0.871. The Labute approximate surface area is 107 Å². The molecule has 0 spiro atoms. The molecule has 0 aliphatic carbocycles. The number of rotatable bonds is 3. The van der Waals surface area contributed by atoms with Crippen LogP contribution in [0.3, 0.4) is 0 Å². The van der Waals surface area contributed by atoms with E-state index in [0.717, 1.165) is 16.6 Å². The fraction of sp³-hybridized carbons (Fsp3) is 0.357. The van der Waals surface area contributed by atoms with E-state index in [9.17, 15) is 4.79 Å². The van der Waals surface area contributed by atoms with Gasteiger partial charge in [0.25, 0.3) is 0 Å². The topological polar surface area (TPSA) is 60.0 Å². The summed E-state index contributed by atoms with van der Waals surface area (Å²) in [5.74, 6) is -0.0566. The van der Waals surface area contributed by atoms with Crippen LogP contribution in [0.25, 0.3) is 10.9 Å². The molecule has 1 aromatic carbocycles. The molecule has 1 aromatic heterocycles. The second kappa shape index (κ2) is 4.46. The molecule has 0 saturated heterocycles. The predicted octanol–water partition coefficient (Wildman–Crippen LogP) is 2.24. The van der Waals surface area contributed by atoms with Gasteiger partial charge in [-0.25, -0.2) is 0 Å². The zero-order chi connectivity index (χ0) is 13.3. The number of para-hydroxylation sites is 1. The standard InChI is InChI=1S/C14H19N3O/c1-14(2,15)8-13(18)16-11-9-17(3)12-7-5-4-6-10(11)12/h4-7,9H,8,15H2,1-3H3,(H,16,18). The maximum atomic E-state index is 11.9. The summed E-state index contributed by atoms with van der Waals surface area (Å²) in [5, 5.41) is 3.97. The third kappa shape index (κ3) is 2.71. The number of nitrogens with zero attached hydrogens (tertiary/aromatic N) is 1. The zero-order valence-electron chi connectivity index (χ0n) is 11.0. The van der Waals surface area contributed by atoms with Crippen LogP contribution in [0.2, 0.25) is 0 Å². The van der Waals surface area contributed by atoms with Crippen molar-refractivity contribution in [1.29, 1.82) is 0 Å². The van der Waals surface area contributed by atoms with Crippen LogP contribution in [0, 0.1) is 0 Å². The first-order chi connectivity index (χ1) is 8.37. The number of nitrogens with one attached hydrogen (secondary N) is 1. The number of carbonyl (C=O) groups excluding carboxylic acids is 1. The van der Waals surface area contributed by atoms with Gasteiger partial charge < -0.3 is 15.6 Å². The SMILES string of the molecule is Cn1cc(NC(=O)CC(C)(C)N)c2ccccc21. The summed E-state index contributed by atoms with van der Waals surface area (Å²) in [6.07, 6.45) is 2.22. The summed E-state index contributed by atoms with van der Waals surface area (Å²) >= 11 is 0. The van der Waals surface area contributed by atoms with Gasteiger partial charge in [-0.15, -0.1) is 0 Å². The van der Waals surface area contributed by atoms with E-state index in [-0.39, 0.29) is 5.91 Å². The first-order valence-electron chi connectivity index (χ1n) is 5.99. The van der Waals surface area contributed by atoms with E-state index in [2.05, 4.69) is 5.32 Å². The van der Waals surface area contributed by atoms with E-state index in [0.29, 0.717) is 6.42 Å². The van der Waals surface area contributed by atoms with Gasteiger partial charge >= 0.3 is 0 Å². The maximum Gasteiger partial charge on any atom is 0.226 e. The molecule has 0 unspecified atom stereocenters. The molecule has 0 fully saturated rings. The van der Waals surface area contributed by atoms with Gasteiger partial charge in [0.1, 0.15) is 0 Å². The summed E-state index contributed by atoms with van der Waals surface area (Å²) < 4.78 is 2.00. The lowest BCUT2D eigenvalue weighted by Crippen LogP contribution is -2.36. The number of aromatic nitrogens is 1. The molecule has 0 saturated carbocycles. The summed E-state index contributed by atoms with van der Waals surface area (Å²) in [4.78, 5) is 11.9.